The molecule has 0 aliphatic heterocycles. The predicted octanol–water partition coefficient (Wildman–Crippen LogP) is 1.07. The molecular formula is C20H23N5O3S. The Kier molecular flexibility index (Phi) is 6.38. The first kappa shape index (κ1) is 20.7. The molecule has 29 heavy (non-hydrogen) atoms. The molecule has 1 aromatic carbocycles. The summed E-state index contributed by atoms with van der Waals surface area (Å²) in [4.78, 5) is 41.4. The van der Waals surface area contributed by atoms with Gasteiger partial charge in [0.25, 0.3) is 5.56 Å². The van der Waals surface area contributed by atoms with Crippen LogP contribution in [0.1, 0.15) is 5.56 Å². The maximum atomic E-state index is 12.6. The van der Waals surface area contributed by atoms with Crippen LogP contribution >= 0.6 is 11.8 Å². The smallest absolute Gasteiger partial charge is 0.332 e. The summed E-state index contributed by atoms with van der Waals surface area (Å²) in [6, 6.07) is 9.92. The summed E-state index contributed by atoms with van der Waals surface area (Å²) < 4.78 is 4.07. The van der Waals surface area contributed by atoms with Crippen LogP contribution in [0.5, 0.6) is 0 Å². The zero-order valence-corrected chi connectivity index (χ0v) is 17.2. The Morgan fingerprint density at radius 2 is 1.93 bits per heavy atom. The molecule has 2 heterocycles. The van der Waals surface area contributed by atoms with Crippen LogP contribution in [0.3, 0.4) is 0 Å². The maximum Gasteiger partial charge on any atom is 0.332 e. The number of carbonyl (C=O) groups is 1. The van der Waals surface area contributed by atoms with Crippen LogP contribution in [-0.4, -0.2) is 36.9 Å². The molecular weight excluding hydrogens is 390 g/mol. The van der Waals surface area contributed by atoms with Gasteiger partial charge in [-0.25, -0.2) is 9.78 Å². The molecule has 0 atom stereocenters. The zero-order valence-electron chi connectivity index (χ0n) is 16.4. The number of allylic oxidation sites excluding steroid dienone is 1. The molecule has 1 N–H and O–H groups in total. The molecule has 0 radical (unpaired) electrons. The van der Waals surface area contributed by atoms with Gasteiger partial charge in [-0.3, -0.25) is 18.7 Å². The molecule has 0 aliphatic rings. The Hall–Kier alpha value is -3.07. The Morgan fingerprint density at radius 1 is 1.21 bits per heavy atom. The molecule has 152 valence electrons. The van der Waals surface area contributed by atoms with E-state index in [4.69, 9.17) is 0 Å². The van der Waals surface area contributed by atoms with Crippen molar-refractivity contribution in [1.29, 1.82) is 0 Å². The van der Waals surface area contributed by atoms with E-state index in [0.717, 1.165) is 16.6 Å². The van der Waals surface area contributed by atoms with Crippen LogP contribution in [0.2, 0.25) is 0 Å². The quantitative estimate of drug-likeness (QED) is 0.441. The van der Waals surface area contributed by atoms with Crippen molar-refractivity contribution < 1.29 is 4.79 Å². The zero-order chi connectivity index (χ0) is 21.0. The molecule has 0 fully saturated rings. The Labute approximate surface area is 171 Å². The summed E-state index contributed by atoms with van der Waals surface area (Å²) in [7, 11) is 3.00. The average Bonchev–Trinajstić information content (AvgIpc) is 3.09. The third-order valence-electron chi connectivity index (χ3n) is 4.54. The molecule has 0 aliphatic carbocycles. The van der Waals surface area contributed by atoms with E-state index in [-0.39, 0.29) is 11.7 Å². The van der Waals surface area contributed by atoms with Gasteiger partial charge < -0.3 is 9.88 Å². The van der Waals surface area contributed by atoms with Gasteiger partial charge in [-0.15, -0.1) is 6.58 Å². The van der Waals surface area contributed by atoms with Gasteiger partial charge >= 0.3 is 5.69 Å². The summed E-state index contributed by atoms with van der Waals surface area (Å²) in [5.74, 6) is 0.0358. The van der Waals surface area contributed by atoms with Crippen molar-refractivity contribution in [2.45, 2.75) is 18.1 Å². The Morgan fingerprint density at radius 3 is 2.62 bits per heavy atom. The van der Waals surface area contributed by atoms with Crippen molar-refractivity contribution in [3.05, 3.63) is 69.4 Å². The summed E-state index contributed by atoms with van der Waals surface area (Å²) in [6.45, 7) is 4.62. The number of aromatic nitrogens is 4. The van der Waals surface area contributed by atoms with E-state index in [1.54, 1.807) is 17.7 Å². The van der Waals surface area contributed by atoms with Gasteiger partial charge in [0.05, 0.1) is 5.75 Å². The highest BCUT2D eigenvalue weighted by atomic mass is 32.2. The van der Waals surface area contributed by atoms with E-state index in [2.05, 4.69) is 16.9 Å². The fourth-order valence-electron chi connectivity index (χ4n) is 3.01. The van der Waals surface area contributed by atoms with E-state index in [0.29, 0.717) is 29.4 Å². The number of hydrogen-bond donors (Lipinski definition) is 1. The van der Waals surface area contributed by atoms with Crippen LogP contribution in [0.15, 0.2) is 57.7 Å². The van der Waals surface area contributed by atoms with Crippen LogP contribution in [0, 0.1) is 0 Å². The van der Waals surface area contributed by atoms with Crippen molar-refractivity contribution >= 4 is 28.8 Å². The third kappa shape index (κ3) is 4.34. The molecule has 0 spiro atoms. The topological polar surface area (TPSA) is 90.9 Å². The molecule has 8 nitrogen and oxygen atoms in total. The number of hydrogen-bond acceptors (Lipinski definition) is 5. The number of rotatable bonds is 8. The van der Waals surface area contributed by atoms with Crippen molar-refractivity contribution in [1.82, 2.24) is 24.0 Å². The Bertz CT molecular complexity index is 1160. The largest absolute Gasteiger partial charge is 0.355 e. The highest BCUT2D eigenvalue weighted by Gasteiger charge is 2.19. The SMILES string of the molecule is C=CCn1c(SCC(=O)NCCc2ccccc2)nc2c1c(=O)n(C)c(=O)n2C. The number of carbonyl (C=O) groups excluding carboxylic acids is 1. The fraction of sp³-hybridized carbons (Fsp3) is 0.300. The van der Waals surface area contributed by atoms with Crippen molar-refractivity contribution in [2.75, 3.05) is 12.3 Å². The summed E-state index contributed by atoms with van der Waals surface area (Å²) >= 11 is 1.22. The van der Waals surface area contributed by atoms with E-state index < -0.39 is 11.2 Å². The van der Waals surface area contributed by atoms with Crippen molar-refractivity contribution in [2.24, 2.45) is 14.1 Å². The summed E-state index contributed by atoms with van der Waals surface area (Å²) in [5, 5.41) is 3.39. The highest BCUT2D eigenvalue weighted by Crippen LogP contribution is 2.21. The second-order valence-electron chi connectivity index (χ2n) is 6.55. The van der Waals surface area contributed by atoms with Crippen LogP contribution in [0.25, 0.3) is 11.2 Å². The van der Waals surface area contributed by atoms with Gasteiger partial charge in [-0.1, -0.05) is 48.2 Å². The number of fused-ring (bicyclic) bond motifs is 1. The van der Waals surface area contributed by atoms with Gasteiger partial charge in [-0.2, -0.15) is 0 Å². The molecule has 3 rings (SSSR count). The molecule has 3 aromatic rings. The predicted molar refractivity (Wildman–Crippen MR) is 114 cm³/mol. The first-order chi connectivity index (χ1) is 13.9. The summed E-state index contributed by atoms with van der Waals surface area (Å²) in [6.07, 6.45) is 2.40. The standard InChI is InChI=1S/C20H23N5O3S/c1-4-12-25-16-17(23(2)20(28)24(3)18(16)27)22-19(25)29-13-15(26)21-11-10-14-8-6-5-7-9-14/h4-9H,1,10-13H2,2-3H3,(H,21,26). The van der Waals surface area contributed by atoms with Gasteiger partial charge in [0.1, 0.15) is 0 Å². The van der Waals surface area contributed by atoms with Crippen LogP contribution in [-0.2, 0) is 31.9 Å². The van der Waals surface area contributed by atoms with E-state index in [1.807, 2.05) is 30.3 Å². The van der Waals surface area contributed by atoms with Gasteiger partial charge in [0.2, 0.25) is 5.91 Å². The lowest BCUT2D eigenvalue weighted by Gasteiger charge is -2.07. The van der Waals surface area contributed by atoms with E-state index in [9.17, 15) is 14.4 Å². The minimum absolute atomic E-state index is 0.120. The number of nitrogens with one attached hydrogen (secondary N) is 1. The number of amides is 1. The van der Waals surface area contributed by atoms with E-state index in [1.165, 1.54) is 23.4 Å². The fourth-order valence-corrected chi connectivity index (χ4v) is 3.84. The molecule has 0 bridgehead atoms. The third-order valence-corrected chi connectivity index (χ3v) is 5.51. The molecule has 0 saturated carbocycles. The molecule has 0 saturated heterocycles. The number of nitrogens with zero attached hydrogens (tertiary/aromatic N) is 4. The number of aryl methyl sites for hydroxylation is 1. The first-order valence-corrected chi connectivity index (χ1v) is 10.1. The lowest BCUT2D eigenvalue weighted by atomic mass is 10.1. The number of thioether (sulfide) groups is 1. The van der Waals surface area contributed by atoms with Gasteiger partial charge in [0.15, 0.2) is 16.3 Å². The van der Waals surface area contributed by atoms with Gasteiger partial charge in [0, 0.05) is 27.2 Å². The normalized spacial score (nSPS) is 11.0. The van der Waals surface area contributed by atoms with Crippen molar-refractivity contribution in [3.8, 4) is 0 Å². The second-order valence-corrected chi connectivity index (χ2v) is 7.49. The molecule has 0 unspecified atom stereocenters. The maximum absolute atomic E-state index is 12.6. The minimum atomic E-state index is -0.444. The lowest BCUT2D eigenvalue weighted by Crippen LogP contribution is -2.37. The molecule has 2 aromatic heterocycles. The second kappa shape index (κ2) is 8.95. The lowest BCUT2D eigenvalue weighted by molar-refractivity contribution is -0.118. The van der Waals surface area contributed by atoms with Crippen LogP contribution < -0.4 is 16.6 Å². The highest BCUT2D eigenvalue weighted by molar-refractivity contribution is 7.99. The summed E-state index contributed by atoms with van der Waals surface area (Å²) in [5.41, 5.74) is 0.913. The van der Waals surface area contributed by atoms with Gasteiger partial charge in [-0.05, 0) is 12.0 Å². The first-order valence-electron chi connectivity index (χ1n) is 9.14. The van der Waals surface area contributed by atoms with E-state index >= 15 is 0 Å². The van der Waals surface area contributed by atoms with Crippen LogP contribution in [0.4, 0.5) is 0 Å². The number of benzene rings is 1. The van der Waals surface area contributed by atoms with Crippen molar-refractivity contribution in [3.63, 3.8) is 0 Å². The monoisotopic (exact) mass is 413 g/mol. The molecule has 1 amide bonds. The number of imidazole rings is 1. The molecule has 9 heteroatoms. The average molecular weight is 414 g/mol. The Balaban J connectivity index is 1.75. The minimum Gasteiger partial charge on any atom is -0.355 e.